The molecule has 2 amide bonds. The SMILES string of the molecule is O=C(N[C@@H](c1ccc(C(F)(F)F)cc1F)C1CC1)[C@H]1CCCCN1C(=O)c1cccc([C@H](O)C(F)(F)F)c1. The molecule has 1 aliphatic carbocycles. The molecule has 2 aromatic carbocycles. The second kappa shape index (κ2) is 10.5. The van der Waals surface area contributed by atoms with Gasteiger partial charge in [-0.2, -0.15) is 26.3 Å². The lowest BCUT2D eigenvalue weighted by Crippen LogP contribution is -2.52. The van der Waals surface area contributed by atoms with Crippen molar-refractivity contribution in [3.63, 3.8) is 0 Å². The molecule has 2 aliphatic rings. The summed E-state index contributed by atoms with van der Waals surface area (Å²) in [4.78, 5) is 27.8. The van der Waals surface area contributed by atoms with Crippen molar-refractivity contribution < 1.29 is 45.4 Å². The van der Waals surface area contributed by atoms with Gasteiger partial charge in [-0.3, -0.25) is 9.59 Å². The van der Waals surface area contributed by atoms with E-state index >= 15 is 0 Å². The Labute approximate surface area is 213 Å². The van der Waals surface area contributed by atoms with Crippen molar-refractivity contribution in [1.29, 1.82) is 0 Å². The van der Waals surface area contributed by atoms with E-state index in [0.717, 1.165) is 24.3 Å². The number of amides is 2. The molecule has 38 heavy (non-hydrogen) atoms. The Morgan fingerprint density at radius 1 is 0.974 bits per heavy atom. The average Bonchev–Trinajstić information content (AvgIpc) is 3.71. The summed E-state index contributed by atoms with van der Waals surface area (Å²) in [6.07, 6.45) is -9.81. The molecule has 1 saturated heterocycles. The van der Waals surface area contributed by atoms with Gasteiger partial charge >= 0.3 is 12.4 Å². The minimum Gasteiger partial charge on any atom is -0.379 e. The number of benzene rings is 2. The molecule has 2 aromatic rings. The van der Waals surface area contributed by atoms with Crippen molar-refractivity contribution in [3.05, 3.63) is 70.5 Å². The highest BCUT2D eigenvalue weighted by Gasteiger charge is 2.41. The number of halogens is 7. The van der Waals surface area contributed by atoms with Crippen LogP contribution < -0.4 is 5.32 Å². The molecule has 206 valence electrons. The van der Waals surface area contributed by atoms with Gasteiger partial charge in [0.1, 0.15) is 11.9 Å². The zero-order valence-electron chi connectivity index (χ0n) is 20.0. The van der Waals surface area contributed by atoms with Crippen LogP contribution >= 0.6 is 0 Å². The van der Waals surface area contributed by atoms with Gasteiger partial charge < -0.3 is 15.3 Å². The normalized spacial score (nSPS) is 20.1. The number of likely N-dealkylation sites (tertiary alicyclic amines) is 1. The van der Waals surface area contributed by atoms with Crippen LogP contribution in [0, 0.1) is 11.7 Å². The zero-order chi connectivity index (χ0) is 27.8. The quantitative estimate of drug-likeness (QED) is 0.457. The minimum atomic E-state index is -4.93. The molecule has 3 atom stereocenters. The number of nitrogens with one attached hydrogen (secondary N) is 1. The molecule has 0 bridgehead atoms. The summed E-state index contributed by atoms with van der Waals surface area (Å²) in [6.45, 7) is 0.145. The van der Waals surface area contributed by atoms with Gasteiger partial charge in [0.15, 0.2) is 6.10 Å². The number of rotatable bonds is 6. The van der Waals surface area contributed by atoms with E-state index in [-0.39, 0.29) is 30.0 Å². The molecule has 1 heterocycles. The van der Waals surface area contributed by atoms with Crippen LogP contribution in [0.5, 0.6) is 0 Å². The summed E-state index contributed by atoms with van der Waals surface area (Å²) in [5.41, 5.74) is -1.90. The van der Waals surface area contributed by atoms with Crippen LogP contribution in [-0.2, 0) is 11.0 Å². The molecule has 0 radical (unpaired) electrons. The van der Waals surface area contributed by atoms with Gasteiger partial charge in [0.2, 0.25) is 5.91 Å². The molecule has 12 heteroatoms. The summed E-state index contributed by atoms with van der Waals surface area (Å²) in [6, 6.07) is 4.68. The third-order valence-electron chi connectivity index (χ3n) is 6.88. The average molecular weight is 546 g/mol. The Morgan fingerprint density at radius 3 is 2.29 bits per heavy atom. The predicted octanol–water partition coefficient (Wildman–Crippen LogP) is 5.70. The minimum absolute atomic E-state index is 0.0867. The van der Waals surface area contributed by atoms with E-state index in [2.05, 4.69) is 5.32 Å². The largest absolute Gasteiger partial charge is 0.418 e. The van der Waals surface area contributed by atoms with E-state index in [1.807, 2.05) is 0 Å². The Kier molecular flexibility index (Phi) is 7.74. The molecule has 0 unspecified atom stereocenters. The highest BCUT2D eigenvalue weighted by molar-refractivity contribution is 5.98. The van der Waals surface area contributed by atoms with Crippen molar-refractivity contribution >= 4 is 11.8 Å². The molecule has 0 aromatic heterocycles. The number of carbonyl (C=O) groups excluding carboxylic acids is 2. The molecule has 1 aliphatic heterocycles. The summed E-state index contributed by atoms with van der Waals surface area (Å²) >= 11 is 0. The van der Waals surface area contributed by atoms with Gasteiger partial charge in [-0.15, -0.1) is 0 Å². The maximum atomic E-state index is 14.7. The highest BCUT2D eigenvalue weighted by atomic mass is 19.4. The van der Waals surface area contributed by atoms with Crippen molar-refractivity contribution in [2.45, 2.75) is 62.6 Å². The first-order valence-electron chi connectivity index (χ1n) is 12.1. The van der Waals surface area contributed by atoms with Crippen molar-refractivity contribution in [2.75, 3.05) is 6.54 Å². The summed E-state index contributed by atoms with van der Waals surface area (Å²) in [5, 5.41) is 12.3. The fourth-order valence-electron chi connectivity index (χ4n) is 4.73. The van der Waals surface area contributed by atoms with Gasteiger partial charge in [0.05, 0.1) is 11.6 Å². The van der Waals surface area contributed by atoms with E-state index in [1.165, 1.54) is 17.0 Å². The third-order valence-corrected chi connectivity index (χ3v) is 6.88. The lowest BCUT2D eigenvalue weighted by Gasteiger charge is -2.36. The Bertz CT molecular complexity index is 1190. The van der Waals surface area contributed by atoms with Crippen LogP contribution in [-0.4, -0.2) is 40.6 Å². The monoisotopic (exact) mass is 546 g/mol. The van der Waals surface area contributed by atoms with Crippen molar-refractivity contribution in [3.8, 4) is 0 Å². The third kappa shape index (κ3) is 6.11. The van der Waals surface area contributed by atoms with Crippen LogP contribution in [0.15, 0.2) is 42.5 Å². The number of alkyl halides is 6. The van der Waals surface area contributed by atoms with Crippen LogP contribution in [0.2, 0.25) is 0 Å². The fraction of sp³-hybridized carbons (Fsp3) is 0.462. The summed E-state index contributed by atoms with van der Waals surface area (Å²) < 4.78 is 92.5. The molecule has 0 spiro atoms. The van der Waals surface area contributed by atoms with Crippen LogP contribution in [0.25, 0.3) is 0 Å². The molecule has 1 saturated carbocycles. The lowest BCUT2D eigenvalue weighted by atomic mass is 9.96. The lowest BCUT2D eigenvalue weighted by molar-refractivity contribution is -0.206. The molecule has 2 N–H and O–H groups in total. The van der Waals surface area contributed by atoms with E-state index in [0.29, 0.717) is 31.7 Å². The van der Waals surface area contributed by atoms with Crippen LogP contribution in [0.1, 0.15) is 71.3 Å². The first-order valence-corrected chi connectivity index (χ1v) is 12.1. The number of nitrogens with zero attached hydrogens (tertiary/aromatic N) is 1. The Balaban J connectivity index is 1.55. The smallest absolute Gasteiger partial charge is 0.379 e. The van der Waals surface area contributed by atoms with Gasteiger partial charge in [0, 0.05) is 17.7 Å². The van der Waals surface area contributed by atoms with E-state index in [9.17, 15) is 45.4 Å². The molecular formula is C26H25F7N2O3. The number of aliphatic hydroxyl groups is 1. The second-order valence-corrected chi connectivity index (χ2v) is 9.64. The first-order chi connectivity index (χ1) is 17.8. The Morgan fingerprint density at radius 2 is 1.68 bits per heavy atom. The molecule has 5 nitrogen and oxygen atoms in total. The van der Waals surface area contributed by atoms with E-state index in [1.54, 1.807) is 0 Å². The van der Waals surface area contributed by atoms with E-state index < -0.39 is 59.3 Å². The second-order valence-electron chi connectivity index (χ2n) is 9.64. The number of aliphatic hydroxyl groups excluding tert-OH is 1. The van der Waals surface area contributed by atoms with Gasteiger partial charge in [0.25, 0.3) is 5.91 Å². The Hall–Kier alpha value is -3.15. The van der Waals surface area contributed by atoms with E-state index in [4.69, 9.17) is 0 Å². The predicted molar refractivity (Wildman–Crippen MR) is 121 cm³/mol. The zero-order valence-corrected chi connectivity index (χ0v) is 20.0. The first kappa shape index (κ1) is 27.9. The van der Waals surface area contributed by atoms with Crippen molar-refractivity contribution in [2.24, 2.45) is 5.92 Å². The van der Waals surface area contributed by atoms with Gasteiger partial charge in [-0.25, -0.2) is 4.39 Å². The van der Waals surface area contributed by atoms with Gasteiger partial charge in [-0.05, 0) is 67.9 Å². The summed E-state index contributed by atoms with van der Waals surface area (Å²) in [5.74, 6) is -2.61. The maximum Gasteiger partial charge on any atom is 0.418 e. The summed E-state index contributed by atoms with van der Waals surface area (Å²) in [7, 11) is 0. The number of hydrogen-bond acceptors (Lipinski definition) is 3. The van der Waals surface area contributed by atoms with Gasteiger partial charge in [-0.1, -0.05) is 18.2 Å². The maximum absolute atomic E-state index is 14.7. The number of piperidine rings is 1. The molecule has 4 rings (SSSR count). The van der Waals surface area contributed by atoms with Crippen LogP contribution in [0.3, 0.4) is 0 Å². The number of hydrogen-bond donors (Lipinski definition) is 2. The molecular weight excluding hydrogens is 521 g/mol. The fourth-order valence-corrected chi connectivity index (χ4v) is 4.73. The molecule has 2 fully saturated rings. The topological polar surface area (TPSA) is 69.6 Å². The number of carbonyl (C=O) groups is 2. The van der Waals surface area contributed by atoms with Crippen molar-refractivity contribution in [1.82, 2.24) is 10.2 Å². The standard InChI is InChI=1S/C26H25F7N2O3/c27-19-13-17(25(28,29)30)9-10-18(19)21(14-7-8-14)34-23(37)20-6-1-2-11-35(20)24(38)16-5-3-4-15(12-16)22(36)26(31,32)33/h3-5,9-10,12-14,20-22,36H,1-2,6-8,11H2,(H,34,37)/t20-,21-,22+/m1/s1. The highest BCUT2D eigenvalue weighted by Crippen LogP contribution is 2.43. The van der Waals surface area contributed by atoms with Crippen LogP contribution in [0.4, 0.5) is 30.7 Å².